The Kier molecular flexibility index (Phi) is 2.26. The summed E-state index contributed by atoms with van der Waals surface area (Å²) >= 11 is 0. The number of hydroxylamine groups is 1. The summed E-state index contributed by atoms with van der Waals surface area (Å²) < 4.78 is 0.808. The van der Waals surface area contributed by atoms with Crippen molar-refractivity contribution in [2.75, 3.05) is 7.05 Å². The first-order valence-electron chi connectivity index (χ1n) is 3.50. The highest BCUT2D eigenvalue weighted by Gasteiger charge is 1.94. The molecule has 0 radical (unpaired) electrons. The molecule has 0 unspecified atom stereocenters. The average molecular weight is 149 g/mol. The highest BCUT2D eigenvalue weighted by molar-refractivity contribution is 5.77. The first-order valence-corrected chi connectivity index (χ1v) is 3.50. The van der Waals surface area contributed by atoms with E-state index in [9.17, 15) is 5.21 Å². The van der Waals surface area contributed by atoms with Crippen molar-refractivity contribution >= 4 is 6.21 Å². The van der Waals surface area contributed by atoms with Crippen molar-refractivity contribution in [3.63, 3.8) is 0 Å². The van der Waals surface area contributed by atoms with E-state index in [1.54, 1.807) is 6.21 Å². The smallest absolute Gasteiger partial charge is 0.181 e. The molecule has 2 heteroatoms. The molecular weight excluding hydrogens is 138 g/mol. The normalized spacial score (nSPS) is 11.6. The summed E-state index contributed by atoms with van der Waals surface area (Å²) in [6.07, 6.45) is 1.56. The summed E-state index contributed by atoms with van der Waals surface area (Å²) in [5.74, 6) is 0. The van der Waals surface area contributed by atoms with Gasteiger partial charge in [-0.3, -0.25) is 0 Å². The van der Waals surface area contributed by atoms with E-state index in [4.69, 9.17) is 0 Å². The summed E-state index contributed by atoms with van der Waals surface area (Å²) in [5, 5.41) is 10.6. The van der Waals surface area contributed by atoms with Gasteiger partial charge < -0.3 is 5.21 Å². The topological polar surface area (TPSA) is 26.1 Å². The van der Waals surface area contributed by atoms with E-state index in [2.05, 4.69) is 0 Å². The lowest BCUT2D eigenvalue weighted by molar-refractivity contribution is -0.416. The van der Waals surface area contributed by atoms with E-state index in [0.717, 1.165) is 15.9 Å². The summed E-state index contributed by atoms with van der Waals surface area (Å²) in [6.45, 7) is 1.98. The van der Waals surface area contributed by atoms with Gasteiger partial charge in [-0.2, -0.15) is 0 Å². The molecule has 2 nitrogen and oxygen atoms in total. The fourth-order valence-corrected chi connectivity index (χ4v) is 0.928. The lowest BCUT2D eigenvalue weighted by Crippen LogP contribution is -1.98. The Balaban J connectivity index is 3.04. The van der Waals surface area contributed by atoms with Crippen LogP contribution in [0.4, 0.5) is 0 Å². The fourth-order valence-electron chi connectivity index (χ4n) is 0.928. The number of nitrogens with zero attached hydrogens (tertiary/aromatic N) is 1. The molecule has 1 aromatic rings. The molecule has 11 heavy (non-hydrogen) atoms. The second-order valence-corrected chi connectivity index (χ2v) is 2.53. The molecule has 1 rings (SSSR count). The number of aryl methyl sites for hydroxylation is 1. The number of hydrogen-bond donors (Lipinski definition) is 0. The maximum atomic E-state index is 10.6. The minimum atomic E-state index is 0.808. The SMILES string of the molecule is Cc1ccccc1/C=[N+](/C)[O-]. The molecule has 0 aliphatic carbocycles. The molecule has 1 aromatic carbocycles. The zero-order valence-electron chi connectivity index (χ0n) is 6.74. The van der Waals surface area contributed by atoms with Crippen LogP contribution in [0.2, 0.25) is 0 Å². The van der Waals surface area contributed by atoms with Gasteiger partial charge in [-0.25, -0.2) is 4.74 Å². The van der Waals surface area contributed by atoms with Crippen LogP contribution in [-0.4, -0.2) is 18.0 Å². The molecule has 0 aromatic heterocycles. The van der Waals surface area contributed by atoms with Crippen molar-refractivity contribution in [3.8, 4) is 0 Å². The largest absolute Gasteiger partial charge is 0.624 e. The van der Waals surface area contributed by atoms with Gasteiger partial charge >= 0.3 is 0 Å². The van der Waals surface area contributed by atoms with Gasteiger partial charge in [0.25, 0.3) is 0 Å². The van der Waals surface area contributed by atoms with E-state index < -0.39 is 0 Å². The highest BCUT2D eigenvalue weighted by atomic mass is 16.5. The van der Waals surface area contributed by atoms with Crippen LogP contribution in [0.25, 0.3) is 0 Å². The first-order chi connectivity index (χ1) is 5.20. The van der Waals surface area contributed by atoms with E-state index in [0.29, 0.717) is 0 Å². The van der Waals surface area contributed by atoms with Crippen LogP contribution >= 0.6 is 0 Å². The Morgan fingerprint density at radius 3 is 2.55 bits per heavy atom. The predicted octanol–water partition coefficient (Wildman–Crippen LogP) is 1.55. The molecule has 58 valence electrons. The van der Waals surface area contributed by atoms with Crippen LogP contribution in [0, 0.1) is 12.1 Å². The molecule has 0 amide bonds. The van der Waals surface area contributed by atoms with Gasteiger partial charge in [0.15, 0.2) is 6.21 Å². The Hall–Kier alpha value is -1.31. The number of benzene rings is 1. The van der Waals surface area contributed by atoms with E-state index in [-0.39, 0.29) is 0 Å². The quantitative estimate of drug-likeness (QED) is 0.257. The Labute approximate surface area is 66.4 Å². The molecule has 0 heterocycles. The second kappa shape index (κ2) is 3.19. The molecule has 0 saturated heterocycles. The van der Waals surface area contributed by atoms with Crippen molar-refractivity contribution in [3.05, 3.63) is 40.6 Å². The number of rotatable bonds is 1. The maximum absolute atomic E-state index is 10.6. The lowest BCUT2D eigenvalue weighted by atomic mass is 10.1. The zero-order valence-corrected chi connectivity index (χ0v) is 6.74. The molecule has 0 saturated carbocycles. The van der Waals surface area contributed by atoms with Crippen LogP contribution in [0.3, 0.4) is 0 Å². The molecule has 0 N–H and O–H groups in total. The molecular formula is C9H11NO. The number of hydrogen-bond acceptors (Lipinski definition) is 1. The van der Waals surface area contributed by atoms with Gasteiger partial charge in [0, 0.05) is 5.56 Å². The third-order valence-corrected chi connectivity index (χ3v) is 1.51. The third kappa shape index (κ3) is 2.08. The van der Waals surface area contributed by atoms with Crippen molar-refractivity contribution in [1.82, 2.24) is 0 Å². The second-order valence-electron chi connectivity index (χ2n) is 2.53. The standard InChI is InChI=1S/C9H11NO/c1-8-5-3-4-6-9(8)7-10(2)11/h3-7H,1-2H3/b10-7-. The maximum Gasteiger partial charge on any atom is 0.181 e. The molecule has 0 aliphatic rings. The van der Waals surface area contributed by atoms with Crippen molar-refractivity contribution in [2.24, 2.45) is 0 Å². The van der Waals surface area contributed by atoms with Crippen molar-refractivity contribution in [1.29, 1.82) is 0 Å². The van der Waals surface area contributed by atoms with Crippen LogP contribution in [-0.2, 0) is 0 Å². The summed E-state index contributed by atoms with van der Waals surface area (Å²) in [7, 11) is 1.48. The van der Waals surface area contributed by atoms with Crippen molar-refractivity contribution < 1.29 is 4.74 Å². The molecule has 0 aliphatic heterocycles. The van der Waals surface area contributed by atoms with Gasteiger partial charge in [-0.15, -0.1) is 0 Å². The molecule has 0 atom stereocenters. The Bertz CT molecular complexity index is 275. The van der Waals surface area contributed by atoms with Gasteiger partial charge in [0.2, 0.25) is 0 Å². The molecule has 0 spiro atoms. The minimum absolute atomic E-state index is 0.808. The summed E-state index contributed by atoms with van der Waals surface area (Å²) in [4.78, 5) is 0. The van der Waals surface area contributed by atoms with E-state index >= 15 is 0 Å². The molecule has 0 fully saturated rings. The van der Waals surface area contributed by atoms with Crippen LogP contribution in [0.1, 0.15) is 11.1 Å². The predicted molar refractivity (Wildman–Crippen MR) is 45.9 cm³/mol. The van der Waals surface area contributed by atoms with E-state index in [1.807, 2.05) is 31.2 Å². The van der Waals surface area contributed by atoms with Crippen LogP contribution in [0.15, 0.2) is 24.3 Å². The van der Waals surface area contributed by atoms with Gasteiger partial charge in [-0.1, -0.05) is 18.2 Å². The minimum Gasteiger partial charge on any atom is -0.624 e. The first kappa shape index (κ1) is 7.79. The average Bonchev–Trinajstić information content (AvgIpc) is 1.93. The van der Waals surface area contributed by atoms with Gasteiger partial charge in [0.1, 0.15) is 7.05 Å². The third-order valence-electron chi connectivity index (χ3n) is 1.51. The Morgan fingerprint density at radius 2 is 2.00 bits per heavy atom. The highest BCUT2D eigenvalue weighted by Crippen LogP contribution is 2.02. The van der Waals surface area contributed by atoms with Crippen LogP contribution in [0.5, 0.6) is 0 Å². The monoisotopic (exact) mass is 149 g/mol. The van der Waals surface area contributed by atoms with Gasteiger partial charge in [-0.05, 0) is 18.6 Å². The summed E-state index contributed by atoms with van der Waals surface area (Å²) in [6, 6.07) is 7.78. The van der Waals surface area contributed by atoms with Crippen LogP contribution < -0.4 is 0 Å². The fraction of sp³-hybridized carbons (Fsp3) is 0.222. The molecule has 0 bridgehead atoms. The van der Waals surface area contributed by atoms with Crippen molar-refractivity contribution in [2.45, 2.75) is 6.92 Å². The van der Waals surface area contributed by atoms with E-state index in [1.165, 1.54) is 7.05 Å². The summed E-state index contributed by atoms with van der Waals surface area (Å²) in [5.41, 5.74) is 2.10. The zero-order chi connectivity index (χ0) is 8.27. The Morgan fingerprint density at radius 1 is 1.36 bits per heavy atom. The lowest BCUT2D eigenvalue weighted by Gasteiger charge is -1.98. The van der Waals surface area contributed by atoms with Gasteiger partial charge in [0.05, 0.1) is 0 Å².